The summed E-state index contributed by atoms with van der Waals surface area (Å²) >= 11 is 1.96. The van der Waals surface area contributed by atoms with Gasteiger partial charge in [-0.25, -0.2) is 9.97 Å². The number of halogens is 2. The molecule has 0 bridgehead atoms. The quantitative estimate of drug-likeness (QED) is 0.634. The molecule has 3 nitrogen and oxygen atoms in total. The maximum atomic E-state index is 13.3. The highest BCUT2D eigenvalue weighted by atomic mass is 127. The molecule has 0 radical (unpaired) electrons. The van der Waals surface area contributed by atoms with Gasteiger partial charge >= 0.3 is 0 Å². The summed E-state index contributed by atoms with van der Waals surface area (Å²) in [5, 5.41) is 0. The first-order chi connectivity index (χ1) is 6.72. The van der Waals surface area contributed by atoms with Crippen LogP contribution < -0.4 is 0 Å². The van der Waals surface area contributed by atoms with Crippen LogP contribution in [0.5, 0.6) is 0 Å². The topological polar surface area (TPSA) is 35.0 Å². The summed E-state index contributed by atoms with van der Waals surface area (Å²) in [6.45, 7) is 0.271. The fraction of sp³-hybridized carbons (Fsp3) is 0.556. The second-order valence-electron chi connectivity index (χ2n) is 3.34. The molecule has 0 atom stereocenters. The van der Waals surface area contributed by atoms with Gasteiger partial charge in [-0.1, -0.05) is 0 Å². The lowest BCUT2D eigenvalue weighted by Crippen LogP contribution is -2.06. The highest BCUT2D eigenvalue weighted by Crippen LogP contribution is 2.41. The van der Waals surface area contributed by atoms with Gasteiger partial charge in [0.05, 0.1) is 9.26 Å². The monoisotopic (exact) mass is 308 g/mol. The number of rotatable bonds is 3. The second-order valence-corrected chi connectivity index (χ2v) is 4.42. The molecule has 14 heavy (non-hydrogen) atoms. The highest BCUT2D eigenvalue weighted by molar-refractivity contribution is 14.1. The Kier molecular flexibility index (Phi) is 2.96. The van der Waals surface area contributed by atoms with E-state index in [-0.39, 0.29) is 6.61 Å². The third-order valence-electron chi connectivity index (χ3n) is 2.12. The van der Waals surface area contributed by atoms with Crippen LogP contribution in [0.2, 0.25) is 0 Å². The Hall–Kier alpha value is -0.300. The van der Waals surface area contributed by atoms with Crippen LogP contribution in [0, 0.1) is 9.52 Å². The van der Waals surface area contributed by atoms with Gasteiger partial charge in [0.1, 0.15) is 6.61 Å². The molecule has 1 aliphatic carbocycles. The van der Waals surface area contributed by atoms with Gasteiger partial charge in [-0.15, -0.1) is 0 Å². The summed E-state index contributed by atoms with van der Waals surface area (Å²) in [6, 6.07) is 0. The maximum Gasteiger partial charge on any atom is 0.230 e. The minimum atomic E-state index is -0.422. The molecule has 0 amide bonds. The minimum Gasteiger partial charge on any atom is -0.377 e. The molecule has 0 aromatic carbocycles. The molecule has 1 aromatic heterocycles. The van der Waals surface area contributed by atoms with E-state index in [0.717, 1.165) is 18.5 Å². The van der Waals surface area contributed by atoms with Gasteiger partial charge in [0.25, 0.3) is 0 Å². The van der Waals surface area contributed by atoms with Gasteiger partial charge < -0.3 is 4.74 Å². The summed E-state index contributed by atoms with van der Waals surface area (Å²) in [5.74, 6) is 0.455. The zero-order valence-corrected chi connectivity index (χ0v) is 9.91. The van der Waals surface area contributed by atoms with E-state index in [9.17, 15) is 4.39 Å². The zero-order chi connectivity index (χ0) is 10.1. The first-order valence-electron chi connectivity index (χ1n) is 4.43. The van der Waals surface area contributed by atoms with Crippen LogP contribution >= 0.6 is 22.6 Å². The molecule has 2 rings (SSSR count). The van der Waals surface area contributed by atoms with Crippen LogP contribution in [0.3, 0.4) is 0 Å². The molecule has 0 aliphatic heterocycles. The van der Waals surface area contributed by atoms with Crippen molar-refractivity contribution >= 4 is 22.6 Å². The van der Waals surface area contributed by atoms with Crippen LogP contribution in [-0.2, 0) is 11.3 Å². The number of methoxy groups -OCH3 is 1. The molecule has 0 unspecified atom stereocenters. The van der Waals surface area contributed by atoms with Crippen molar-refractivity contribution in [1.29, 1.82) is 0 Å². The number of hydrogen-bond acceptors (Lipinski definition) is 3. The van der Waals surface area contributed by atoms with Crippen molar-refractivity contribution in [2.75, 3.05) is 7.11 Å². The molecule has 0 N–H and O–H groups in total. The van der Waals surface area contributed by atoms with Crippen molar-refractivity contribution in [2.24, 2.45) is 0 Å². The van der Waals surface area contributed by atoms with E-state index < -0.39 is 5.95 Å². The van der Waals surface area contributed by atoms with Crippen molar-refractivity contribution in [3.63, 3.8) is 0 Å². The Morgan fingerprint density at radius 1 is 1.50 bits per heavy atom. The predicted octanol–water partition coefficient (Wildman–Crippen LogP) is 2.24. The van der Waals surface area contributed by atoms with E-state index in [1.807, 2.05) is 22.6 Å². The third kappa shape index (κ3) is 2.03. The number of aromatic nitrogens is 2. The smallest absolute Gasteiger partial charge is 0.230 e. The van der Waals surface area contributed by atoms with Gasteiger partial charge in [0, 0.05) is 13.0 Å². The van der Waals surface area contributed by atoms with E-state index in [2.05, 4.69) is 9.97 Å². The van der Waals surface area contributed by atoms with Crippen molar-refractivity contribution in [3.05, 3.63) is 21.0 Å². The van der Waals surface area contributed by atoms with E-state index in [4.69, 9.17) is 4.74 Å². The zero-order valence-electron chi connectivity index (χ0n) is 7.76. The summed E-state index contributed by atoms with van der Waals surface area (Å²) in [7, 11) is 1.55. The molecular weight excluding hydrogens is 298 g/mol. The third-order valence-corrected chi connectivity index (χ3v) is 3.12. The van der Waals surface area contributed by atoms with Crippen molar-refractivity contribution in [2.45, 2.75) is 25.4 Å². The summed E-state index contributed by atoms with van der Waals surface area (Å²) in [6.07, 6.45) is 2.22. The Morgan fingerprint density at radius 2 is 2.21 bits per heavy atom. The molecule has 1 heterocycles. The van der Waals surface area contributed by atoms with Gasteiger partial charge in [-0.3, -0.25) is 0 Å². The van der Waals surface area contributed by atoms with E-state index in [0.29, 0.717) is 15.3 Å². The van der Waals surface area contributed by atoms with E-state index >= 15 is 0 Å². The van der Waals surface area contributed by atoms with Crippen LogP contribution in [0.4, 0.5) is 4.39 Å². The lowest BCUT2D eigenvalue weighted by Gasteiger charge is -2.05. The SMILES string of the molecule is COCc1nc(F)c(I)c(C2CC2)n1. The maximum absolute atomic E-state index is 13.3. The van der Waals surface area contributed by atoms with Crippen LogP contribution in [0.15, 0.2) is 0 Å². The number of nitrogens with zero attached hydrogens (tertiary/aromatic N) is 2. The highest BCUT2D eigenvalue weighted by Gasteiger charge is 2.29. The molecule has 0 saturated heterocycles. The second kappa shape index (κ2) is 4.06. The predicted molar refractivity (Wildman–Crippen MR) is 57.4 cm³/mol. The normalized spacial score (nSPS) is 15.9. The van der Waals surface area contributed by atoms with Crippen molar-refractivity contribution in [3.8, 4) is 0 Å². The molecule has 1 fully saturated rings. The molecule has 76 valence electrons. The summed E-state index contributed by atoms with van der Waals surface area (Å²) in [4.78, 5) is 8.02. The fourth-order valence-corrected chi connectivity index (χ4v) is 1.98. The Bertz CT molecular complexity index is 355. The molecule has 1 aromatic rings. The fourth-order valence-electron chi connectivity index (χ4n) is 1.30. The van der Waals surface area contributed by atoms with E-state index in [1.54, 1.807) is 7.11 Å². The Morgan fingerprint density at radius 3 is 2.79 bits per heavy atom. The van der Waals surface area contributed by atoms with Crippen LogP contribution in [-0.4, -0.2) is 17.1 Å². The van der Waals surface area contributed by atoms with Crippen molar-refractivity contribution < 1.29 is 9.13 Å². The average molecular weight is 308 g/mol. The molecule has 1 aliphatic rings. The summed E-state index contributed by atoms with van der Waals surface area (Å²) in [5.41, 5.74) is 0.852. The standard InChI is InChI=1S/C9H10FIN2O/c1-14-4-6-12-8(5-2-3-5)7(11)9(10)13-6/h5H,2-4H2,1H3. The van der Waals surface area contributed by atoms with Crippen molar-refractivity contribution in [1.82, 2.24) is 9.97 Å². The van der Waals surface area contributed by atoms with Crippen LogP contribution in [0.1, 0.15) is 30.3 Å². The number of ether oxygens (including phenoxy) is 1. The lowest BCUT2D eigenvalue weighted by atomic mass is 10.3. The van der Waals surface area contributed by atoms with Gasteiger partial charge in [0.2, 0.25) is 5.95 Å². The average Bonchev–Trinajstić information content (AvgIpc) is 2.94. The van der Waals surface area contributed by atoms with E-state index in [1.165, 1.54) is 0 Å². The van der Waals surface area contributed by atoms with Crippen LogP contribution in [0.25, 0.3) is 0 Å². The lowest BCUT2D eigenvalue weighted by molar-refractivity contribution is 0.176. The molecule has 0 spiro atoms. The largest absolute Gasteiger partial charge is 0.377 e. The van der Waals surface area contributed by atoms with Gasteiger partial charge in [0.15, 0.2) is 5.82 Å². The summed E-state index contributed by atoms with van der Waals surface area (Å²) < 4.78 is 18.8. The Balaban J connectivity index is 2.36. The first-order valence-corrected chi connectivity index (χ1v) is 5.51. The molecular formula is C9H10FIN2O. The van der Waals surface area contributed by atoms with Gasteiger partial charge in [-0.05, 0) is 35.4 Å². The van der Waals surface area contributed by atoms with Gasteiger partial charge in [-0.2, -0.15) is 4.39 Å². The Labute approximate surface area is 95.2 Å². The first kappa shape index (κ1) is 10.2. The minimum absolute atomic E-state index is 0.271. The molecule has 5 heteroatoms. The number of hydrogen-bond donors (Lipinski definition) is 0. The molecule has 1 saturated carbocycles.